The zero-order valence-electron chi connectivity index (χ0n) is 14.4. The number of carbonyl (C=O) groups excluding carboxylic acids is 1. The van der Waals surface area contributed by atoms with Gasteiger partial charge in [-0.25, -0.2) is 4.98 Å². The molecule has 0 spiro atoms. The fourth-order valence-electron chi connectivity index (χ4n) is 2.77. The molecule has 25 heavy (non-hydrogen) atoms. The molecule has 1 saturated heterocycles. The maximum absolute atomic E-state index is 12.2. The Kier molecular flexibility index (Phi) is 5.72. The third-order valence-electron chi connectivity index (χ3n) is 4.11. The van der Waals surface area contributed by atoms with E-state index in [9.17, 15) is 4.79 Å². The fraction of sp³-hybridized carbons (Fsp3) is 0.368. The first-order valence-corrected chi connectivity index (χ1v) is 8.53. The van der Waals surface area contributed by atoms with Gasteiger partial charge in [-0.05, 0) is 49.2 Å². The van der Waals surface area contributed by atoms with E-state index < -0.39 is 0 Å². The minimum absolute atomic E-state index is 0.181. The van der Waals surface area contributed by atoms with Gasteiger partial charge in [-0.1, -0.05) is 6.07 Å². The van der Waals surface area contributed by atoms with Crippen LogP contribution < -0.4 is 19.7 Å². The van der Waals surface area contributed by atoms with Crippen LogP contribution in [-0.4, -0.2) is 44.2 Å². The van der Waals surface area contributed by atoms with Gasteiger partial charge >= 0.3 is 0 Å². The summed E-state index contributed by atoms with van der Waals surface area (Å²) in [5.74, 6) is 2.22. The molecular formula is C19H23N3O3. The summed E-state index contributed by atoms with van der Waals surface area (Å²) in [4.78, 5) is 18.9. The van der Waals surface area contributed by atoms with Crippen molar-refractivity contribution >= 4 is 11.7 Å². The van der Waals surface area contributed by atoms with Gasteiger partial charge in [0.05, 0.1) is 13.7 Å². The van der Waals surface area contributed by atoms with Crippen molar-refractivity contribution in [2.45, 2.75) is 12.8 Å². The number of rotatable bonds is 7. The van der Waals surface area contributed by atoms with Gasteiger partial charge in [-0.15, -0.1) is 0 Å². The van der Waals surface area contributed by atoms with Gasteiger partial charge in [0.1, 0.15) is 29.6 Å². The van der Waals surface area contributed by atoms with E-state index in [4.69, 9.17) is 9.47 Å². The van der Waals surface area contributed by atoms with E-state index in [1.54, 1.807) is 13.2 Å². The van der Waals surface area contributed by atoms with E-state index in [0.717, 1.165) is 30.4 Å². The van der Waals surface area contributed by atoms with Crippen molar-refractivity contribution in [3.05, 3.63) is 48.2 Å². The lowest BCUT2D eigenvalue weighted by Gasteiger charge is -2.16. The summed E-state index contributed by atoms with van der Waals surface area (Å²) in [5, 5.41) is 2.84. The number of anilines is 1. The predicted molar refractivity (Wildman–Crippen MR) is 96.5 cm³/mol. The third kappa shape index (κ3) is 4.62. The Morgan fingerprint density at radius 2 is 1.84 bits per heavy atom. The third-order valence-corrected chi connectivity index (χ3v) is 4.11. The smallest absolute Gasteiger partial charge is 0.270 e. The number of amides is 1. The molecule has 132 valence electrons. The number of hydrogen-bond acceptors (Lipinski definition) is 5. The normalized spacial score (nSPS) is 13.6. The van der Waals surface area contributed by atoms with Crippen LogP contribution in [0.3, 0.4) is 0 Å². The lowest BCUT2D eigenvalue weighted by Crippen LogP contribution is -2.29. The second-order valence-electron chi connectivity index (χ2n) is 5.86. The highest BCUT2D eigenvalue weighted by molar-refractivity contribution is 5.92. The SMILES string of the molecule is COc1ccc(OCCNC(=O)c2cccc(N3CCCC3)n2)cc1. The largest absolute Gasteiger partial charge is 0.497 e. The molecule has 0 aliphatic carbocycles. The first kappa shape index (κ1) is 17.1. The predicted octanol–water partition coefficient (Wildman–Crippen LogP) is 2.50. The Hall–Kier alpha value is -2.76. The van der Waals surface area contributed by atoms with E-state index in [2.05, 4.69) is 15.2 Å². The Bertz CT molecular complexity index is 697. The van der Waals surface area contributed by atoms with Crippen molar-refractivity contribution < 1.29 is 14.3 Å². The van der Waals surface area contributed by atoms with Gasteiger partial charge in [0.2, 0.25) is 0 Å². The number of ether oxygens (including phenoxy) is 2. The van der Waals surface area contributed by atoms with Crippen molar-refractivity contribution in [3.8, 4) is 11.5 Å². The monoisotopic (exact) mass is 341 g/mol. The molecule has 0 radical (unpaired) electrons. The van der Waals surface area contributed by atoms with E-state index in [0.29, 0.717) is 18.8 Å². The first-order chi connectivity index (χ1) is 12.3. The van der Waals surface area contributed by atoms with Crippen LogP contribution in [0.2, 0.25) is 0 Å². The second kappa shape index (κ2) is 8.37. The van der Waals surface area contributed by atoms with Gasteiger partial charge < -0.3 is 19.7 Å². The van der Waals surface area contributed by atoms with Crippen LogP contribution >= 0.6 is 0 Å². The van der Waals surface area contributed by atoms with Crippen molar-refractivity contribution in [2.24, 2.45) is 0 Å². The van der Waals surface area contributed by atoms with Crippen LogP contribution in [0.25, 0.3) is 0 Å². The fourth-order valence-corrected chi connectivity index (χ4v) is 2.77. The molecule has 2 heterocycles. The number of pyridine rings is 1. The number of nitrogens with one attached hydrogen (secondary N) is 1. The molecule has 2 aromatic rings. The zero-order valence-corrected chi connectivity index (χ0v) is 14.4. The summed E-state index contributed by atoms with van der Waals surface area (Å²) in [6.07, 6.45) is 2.36. The second-order valence-corrected chi connectivity index (χ2v) is 5.86. The van der Waals surface area contributed by atoms with Crippen LogP contribution in [0.5, 0.6) is 11.5 Å². The van der Waals surface area contributed by atoms with Crippen molar-refractivity contribution in [1.82, 2.24) is 10.3 Å². The molecule has 1 amide bonds. The zero-order chi connectivity index (χ0) is 17.5. The molecular weight excluding hydrogens is 318 g/mol. The lowest BCUT2D eigenvalue weighted by atomic mass is 10.3. The van der Waals surface area contributed by atoms with Gasteiger partial charge in [-0.2, -0.15) is 0 Å². The van der Waals surface area contributed by atoms with E-state index in [-0.39, 0.29) is 5.91 Å². The number of aromatic nitrogens is 1. The molecule has 1 aliphatic heterocycles. The molecule has 1 aliphatic rings. The number of hydrogen-bond donors (Lipinski definition) is 1. The summed E-state index contributed by atoms with van der Waals surface area (Å²) < 4.78 is 10.7. The highest BCUT2D eigenvalue weighted by atomic mass is 16.5. The standard InChI is InChI=1S/C19H23N3O3/c1-24-15-7-9-16(10-8-15)25-14-11-20-19(23)17-5-4-6-18(21-17)22-12-2-3-13-22/h4-10H,2-3,11-14H2,1H3,(H,20,23). The van der Waals surface area contributed by atoms with Crippen LogP contribution in [0, 0.1) is 0 Å². The molecule has 0 saturated carbocycles. The maximum Gasteiger partial charge on any atom is 0.270 e. The van der Waals surface area contributed by atoms with E-state index >= 15 is 0 Å². The summed E-state index contributed by atoms with van der Waals surface area (Å²) in [7, 11) is 1.62. The molecule has 6 heteroatoms. The van der Waals surface area contributed by atoms with Crippen LogP contribution in [0.4, 0.5) is 5.82 Å². The van der Waals surface area contributed by atoms with Crippen LogP contribution in [0.15, 0.2) is 42.5 Å². The maximum atomic E-state index is 12.2. The number of carbonyl (C=O) groups is 1. The number of nitrogens with zero attached hydrogens (tertiary/aromatic N) is 2. The Morgan fingerprint density at radius 1 is 1.12 bits per heavy atom. The van der Waals surface area contributed by atoms with Crippen LogP contribution in [0.1, 0.15) is 23.3 Å². The lowest BCUT2D eigenvalue weighted by molar-refractivity contribution is 0.0942. The molecule has 0 unspecified atom stereocenters. The first-order valence-electron chi connectivity index (χ1n) is 8.53. The summed E-state index contributed by atoms with van der Waals surface area (Å²) in [6.45, 7) is 2.83. The quantitative estimate of drug-likeness (QED) is 0.784. The summed E-state index contributed by atoms with van der Waals surface area (Å²) in [5.41, 5.74) is 0.439. The van der Waals surface area contributed by atoms with E-state index in [1.165, 1.54) is 12.8 Å². The Labute approximate surface area is 147 Å². The van der Waals surface area contributed by atoms with Gasteiger partial charge in [0.15, 0.2) is 0 Å². The van der Waals surface area contributed by atoms with Gasteiger partial charge in [-0.3, -0.25) is 4.79 Å². The summed E-state index contributed by atoms with van der Waals surface area (Å²) in [6, 6.07) is 12.9. The average molecular weight is 341 g/mol. The topological polar surface area (TPSA) is 63.7 Å². The van der Waals surface area contributed by atoms with Crippen molar-refractivity contribution in [2.75, 3.05) is 38.3 Å². The highest BCUT2D eigenvalue weighted by Gasteiger charge is 2.15. The summed E-state index contributed by atoms with van der Waals surface area (Å²) >= 11 is 0. The minimum atomic E-state index is -0.181. The molecule has 0 bridgehead atoms. The minimum Gasteiger partial charge on any atom is -0.497 e. The van der Waals surface area contributed by atoms with Crippen LogP contribution in [-0.2, 0) is 0 Å². The Morgan fingerprint density at radius 3 is 2.56 bits per heavy atom. The number of benzene rings is 1. The average Bonchev–Trinajstić information content (AvgIpc) is 3.20. The molecule has 0 atom stereocenters. The molecule has 3 rings (SSSR count). The Balaban J connectivity index is 1.46. The molecule has 1 N–H and O–H groups in total. The van der Waals surface area contributed by atoms with Gasteiger partial charge in [0.25, 0.3) is 5.91 Å². The molecule has 6 nitrogen and oxygen atoms in total. The van der Waals surface area contributed by atoms with E-state index in [1.807, 2.05) is 36.4 Å². The van der Waals surface area contributed by atoms with Crippen molar-refractivity contribution in [1.29, 1.82) is 0 Å². The molecule has 1 aromatic carbocycles. The highest BCUT2D eigenvalue weighted by Crippen LogP contribution is 2.18. The molecule has 1 aromatic heterocycles. The molecule has 1 fully saturated rings. The van der Waals surface area contributed by atoms with Gasteiger partial charge in [0, 0.05) is 13.1 Å². The number of methoxy groups -OCH3 is 1. The van der Waals surface area contributed by atoms with Crippen molar-refractivity contribution in [3.63, 3.8) is 0 Å².